The van der Waals surface area contributed by atoms with Crippen LogP contribution in [-0.2, 0) is 13.0 Å². The van der Waals surface area contributed by atoms with E-state index >= 15 is 0 Å². The molecule has 1 saturated heterocycles. The van der Waals surface area contributed by atoms with Crippen LogP contribution >= 0.6 is 0 Å². The standard InChI is InChI=1S/C20H21FN4O/c21-17-5-3-15(4-6-17)10-19-12-24-20(26-19)16-2-1-9-25(13-16)14-18-11-22-7-8-23-18/h3-8,11-12,16H,1-2,9-10,13-14H2/t16-/m1/s1. The molecular weight excluding hydrogens is 331 g/mol. The van der Waals surface area contributed by atoms with Gasteiger partial charge in [0.2, 0.25) is 0 Å². The van der Waals surface area contributed by atoms with Crippen LogP contribution in [-0.4, -0.2) is 32.9 Å². The average Bonchev–Trinajstić information content (AvgIpc) is 3.13. The van der Waals surface area contributed by atoms with Crippen LogP contribution in [0, 0.1) is 5.82 Å². The van der Waals surface area contributed by atoms with Crippen LogP contribution in [0.15, 0.2) is 53.5 Å². The fraction of sp³-hybridized carbons (Fsp3) is 0.350. The Balaban J connectivity index is 1.39. The number of piperidine rings is 1. The van der Waals surface area contributed by atoms with Gasteiger partial charge in [-0.15, -0.1) is 0 Å². The van der Waals surface area contributed by atoms with Crippen LogP contribution in [0.25, 0.3) is 0 Å². The van der Waals surface area contributed by atoms with Gasteiger partial charge in [-0.25, -0.2) is 9.37 Å². The first kappa shape index (κ1) is 16.8. The maximum atomic E-state index is 13.0. The second kappa shape index (κ2) is 7.74. The van der Waals surface area contributed by atoms with Gasteiger partial charge in [-0.1, -0.05) is 12.1 Å². The molecule has 26 heavy (non-hydrogen) atoms. The third-order valence-electron chi connectivity index (χ3n) is 4.72. The molecule has 3 aromatic rings. The minimum atomic E-state index is -0.225. The number of halogens is 1. The van der Waals surface area contributed by atoms with Crippen molar-refractivity contribution in [2.45, 2.75) is 31.7 Å². The van der Waals surface area contributed by atoms with Gasteiger partial charge in [-0.2, -0.15) is 0 Å². The SMILES string of the molecule is Fc1ccc(Cc2cnc([C@@H]3CCCN(Cc4cnccn4)C3)o2)cc1. The number of hydrogen-bond acceptors (Lipinski definition) is 5. The van der Waals surface area contributed by atoms with Crippen molar-refractivity contribution in [1.29, 1.82) is 0 Å². The molecule has 0 saturated carbocycles. The first-order chi connectivity index (χ1) is 12.8. The Morgan fingerprint density at radius 2 is 2.00 bits per heavy atom. The zero-order chi connectivity index (χ0) is 17.8. The number of likely N-dealkylation sites (tertiary alicyclic amines) is 1. The topological polar surface area (TPSA) is 55.1 Å². The lowest BCUT2D eigenvalue weighted by atomic mass is 9.98. The summed E-state index contributed by atoms with van der Waals surface area (Å²) in [5.41, 5.74) is 2.00. The smallest absolute Gasteiger partial charge is 0.198 e. The molecule has 0 unspecified atom stereocenters. The Morgan fingerprint density at radius 1 is 1.12 bits per heavy atom. The summed E-state index contributed by atoms with van der Waals surface area (Å²) in [6, 6.07) is 6.50. The van der Waals surface area contributed by atoms with Crippen LogP contribution < -0.4 is 0 Å². The second-order valence-electron chi connectivity index (χ2n) is 6.74. The molecule has 1 aromatic carbocycles. The fourth-order valence-corrected chi connectivity index (χ4v) is 3.44. The van der Waals surface area contributed by atoms with E-state index < -0.39 is 0 Å². The van der Waals surface area contributed by atoms with Crippen molar-refractivity contribution < 1.29 is 8.81 Å². The van der Waals surface area contributed by atoms with Crippen molar-refractivity contribution in [3.8, 4) is 0 Å². The molecule has 0 aliphatic carbocycles. The molecule has 5 nitrogen and oxygen atoms in total. The maximum Gasteiger partial charge on any atom is 0.198 e. The van der Waals surface area contributed by atoms with E-state index in [1.54, 1.807) is 30.7 Å². The molecule has 134 valence electrons. The van der Waals surface area contributed by atoms with Crippen LogP contribution in [0.5, 0.6) is 0 Å². The highest BCUT2D eigenvalue weighted by Gasteiger charge is 2.25. The highest BCUT2D eigenvalue weighted by atomic mass is 19.1. The van der Waals surface area contributed by atoms with Crippen molar-refractivity contribution in [3.05, 3.63) is 77.8 Å². The summed E-state index contributed by atoms with van der Waals surface area (Å²) in [6.07, 6.45) is 9.84. The molecule has 1 fully saturated rings. The summed E-state index contributed by atoms with van der Waals surface area (Å²) in [5.74, 6) is 1.68. The van der Waals surface area contributed by atoms with Crippen molar-refractivity contribution in [1.82, 2.24) is 19.9 Å². The van der Waals surface area contributed by atoms with Crippen molar-refractivity contribution in [2.75, 3.05) is 13.1 Å². The van der Waals surface area contributed by atoms with Gasteiger partial charge in [0.15, 0.2) is 5.89 Å². The molecule has 1 aliphatic heterocycles. The second-order valence-corrected chi connectivity index (χ2v) is 6.74. The van der Waals surface area contributed by atoms with E-state index in [2.05, 4.69) is 19.9 Å². The van der Waals surface area contributed by atoms with Crippen LogP contribution in [0.2, 0.25) is 0 Å². The van der Waals surface area contributed by atoms with Crippen LogP contribution in [0.3, 0.4) is 0 Å². The third kappa shape index (κ3) is 4.14. The maximum absolute atomic E-state index is 13.0. The van der Waals surface area contributed by atoms with E-state index in [4.69, 9.17) is 4.42 Å². The Kier molecular flexibility index (Phi) is 5.02. The average molecular weight is 352 g/mol. The lowest BCUT2D eigenvalue weighted by Gasteiger charge is -2.30. The number of oxazole rings is 1. The van der Waals surface area contributed by atoms with Gasteiger partial charge in [0.05, 0.1) is 11.9 Å². The molecule has 1 atom stereocenters. The highest BCUT2D eigenvalue weighted by Crippen LogP contribution is 2.27. The molecule has 6 heteroatoms. The predicted molar refractivity (Wildman–Crippen MR) is 95.0 cm³/mol. The molecule has 0 bridgehead atoms. The molecule has 0 radical (unpaired) electrons. The van der Waals surface area contributed by atoms with Gasteiger partial charge in [-0.05, 0) is 37.1 Å². The van der Waals surface area contributed by atoms with E-state index in [0.717, 1.165) is 55.4 Å². The summed E-state index contributed by atoms with van der Waals surface area (Å²) < 4.78 is 19.0. The van der Waals surface area contributed by atoms with Crippen molar-refractivity contribution >= 4 is 0 Å². The fourth-order valence-electron chi connectivity index (χ4n) is 3.44. The number of benzene rings is 1. The number of nitrogens with zero attached hydrogens (tertiary/aromatic N) is 4. The normalized spacial score (nSPS) is 18.1. The molecule has 0 amide bonds. The van der Waals surface area contributed by atoms with E-state index in [-0.39, 0.29) is 5.82 Å². The summed E-state index contributed by atoms with van der Waals surface area (Å²) in [7, 11) is 0. The molecular formula is C20H21FN4O. The predicted octanol–water partition coefficient (Wildman–Crippen LogP) is 3.57. The largest absolute Gasteiger partial charge is 0.445 e. The molecule has 4 rings (SSSR count). The summed E-state index contributed by atoms with van der Waals surface area (Å²) in [4.78, 5) is 15.4. The first-order valence-electron chi connectivity index (χ1n) is 8.92. The Hall–Kier alpha value is -2.60. The lowest BCUT2D eigenvalue weighted by Crippen LogP contribution is -2.34. The Labute approximate surface area is 151 Å². The van der Waals surface area contributed by atoms with Crippen LogP contribution in [0.1, 0.15) is 41.7 Å². The van der Waals surface area contributed by atoms with Gasteiger partial charge in [0.1, 0.15) is 11.6 Å². The lowest BCUT2D eigenvalue weighted by molar-refractivity contribution is 0.183. The van der Waals surface area contributed by atoms with E-state index in [1.165, 1.54) is 12.1 Å². The van der Waals surface area contributed by atoms with Gasteiger partial charge < -0.3 is 4.42 Å². The Bertz CT molecular complexity index is 835. The quantitative estimate of drug-likeness (QED) is 0.703. The zero-order valence-electron chi connectivity index (χ0n) is 14.5. The Morgan fingerprint density at radius 3 is 2.81 bits per heavy atom. The third-order valence-corrected chi connectivity index (χ3v) is 4.72. The minimum Gasteiger partial charge on any atom is -0.445 e. The van der Waals surface area contributed by atoms with Gasteiger partial charge in [0.25, 0.3) is 0 Å². The highest BCUT2D eigenvalue weighted by molar-refractivity contribution is 5.20. The van der Waals surface area contributed by atoms with Crippen LogP contribution in [0.4, 0.5) is 4.39 Å². The van der Waals surface area contributed by atoms with E-state index in [9.17, 15) is 4.39 Å². The molecule has 0 N–H and O–H groups in total. The summed E-state index contributed by atoms with van der Waals surface area (Å²) >= 11 is 0. The van der Waals surface area contributed by atoms with Gasteiger partial charge >= 0.3 is 0 Å². The monoisotopic (exact) mass is 352 g/mol. The van der Waals surface area contributed by atoms with Crippen molar-refractivity contribution in [2.24, 2.45) is 0 Å². The van der Waals surface area contributed by atoms with Crippen molar-refractivity contribution in [3.63, 3.8) is 0 Å². The number of hydrogen-bond donors (Lipinski definition) is 0. The molecule has 2 aromatic heterocycles. The first-order valence-corrected chi connectivity index (χ1v) is 8.92. The zero-order valence-corrected chi connectivity index (χ0v) is 14.5. The molecule has 1 aliphatic rings. The van der Waals surface area contributed by atoms with Gasteiger partial charge in [0, 0.05) is 44.0 Å². The summed E-state index contributed by atoms with van der Waals surface area (Å²) in [5, 5.41) is 0. The molecule has 3 heterocycles. The van der Waals surface area contributed by atoms with E-state index in [1.807, 2.05) is 6.20 Å². The summed E-state index contributed by atoms with van der Waals surface area (Å²) in [6.45, 7) is 2.76. The van der Waals surface area contributed by atoms with Gasteiger partial charge in [-0.3, -0.25) is 14.9 Å². The number of rotatable bonds is 5. The number of aromatic nitrogens is 3. The minimum absolute atomic E-state index is 0.225. The van der Waals surface area contributed by atoms with E-state index in [0.29, 0.717) is 12.3 Å². The molecule has 0 spiro atoms.